The van der Waals surface area contributed by atoms with Gasteiger partial charge in [-0.05, 0) is 44.5 Å². The van der Waals surface area contributed by atoms with Gasteiger partial charge in [-0.2, -0.15) is 0 Å². The maximum Gasteiger partial charge on any atom is 0.338 e. The zero-order chi connectivity index (χ0) is 23.0. The molecule has 0 bridgehead atoms. The number of fused-ring (bicyclic) bond motifs is 1. The van der Waals surface area contributed by atoms with E-state index in [1.54, 1.807) is 19.9 Å². The van der Waals surface area contributed by atoms with Crippen LogP contribution in [0.25, 0.3) is 6.08 Å². The predicted octanol–water partition coefficient (Wildman–Crippen LogP) is 3.90. The van der Waals surface area contributed by atoms with Crippen molar-refractivity contribution in [1.82, 2.24) is 4.57 Å². The number of halogens is 2. The summed E-state index contributed by atoms with van der Waals surface area (Å²) in [7, 11) is 0. The van der Waals surface area contributed by atoms with Crippen LogP contribution in [0.15, 0.2) is 63.5 Å². The molecule has 0 saturated carbocycles. The van der Waals surface area contributed by atoms with Crippen molar-refractivity contribution in [2.45, 2.75) is 26.8 Å². The van der Waals surface area contributed by atoms with Crippen molar-refractivity contribution >= 4 is 35.0 Å². The van der Waals surface area contributed by atoms with Crippen LogP contribution in [0, 0.1) is 12.7 Å². The summed E-state index contributed by atoms with van der Waals surface area (Å²) in [6, 6.07) is 11.2. The standard InChI is InChI=1S/C24H20ClFN2O3S/c1-4-31-23(30)20-14(3)27-24-28(21(20)15-10-8-13(2)9-11-15)22(29)19(32-24)12-16-17(25)6-5-7-18(16)26/h5-12,21H,4H2,1-3H3/b19-12+/t21-/m0/s1. The molecule has 0 fully saturated rings. The van der Waals surface area contributed by atoms with Crippen LogP contribution in [-0.2, 0) is 9.53 Å². The number of aryl methyl sites for hydroxylation is 1. The fourth-order valence-electron chi connectivity index (χ4n) is 3.64. The largest absolute Gasteiger partial charge is 0.463 e. The number of hydrogen-bond acceptors (Lipinski definition) is 5. The summed E-state index contributed by atoms with van der Waals surface area (Å²) in [6.45, 7) is 5.60. The Morgan fingerprint density at radius 1 is 1.25 bits per heavy atom. The maximum absolute atomic E-state index is 14.3. The van der Waals surface area contributed by atoms with E-state index in [9.17, 15) is 14.0 Å². The van der Waals surface area contributed by atoms with Crippen LogP contribution in [0.2, 0.25) is 5.02 Å². The first kappa shape index (κ1) is 22.2. The number of allylic oxidation sites excluding steroid dienone is 1. The molecule has 0 radical (unpaired) electrons. The first-order chi connectivity index (χ1) is 15.3. The topological polar surface area (TPSA) is 60.7 Å². The molecule has 3 aromatic rings. The second-order valence-electron chi connectivity index (χ2n) is 7.35. The number of carbonyl (C=O) groups excluding carboxylic acids is 1. The Labute approximate surface area is 192 Å². The first-order valence-electron chi connectivity index (χ1n) is 10.0. The zero-order valence-electron chi connectivity index (χ0n) is 17.7. The minimum atomic E-state index is -0.704. The van der Waals surface area contributed by atoms with Crippen LogP contribution in [0.1, 0.15) is 36.6 Å². The highest BCUT2D eigenvalue weighted by Gasteiger charge is 2.33. The van der Waals surface area contributed by atoms with Crippen molar-refractivity contribution in [2.75, 3.05) is 6.61 Å². The van der Waals surface area contributed by atoms with Crippen molar-refractivity contribution in [3.05, 3.63) is 101 Å². The molecular formula is C24H20ClFN2O3S. The van der Waals surface area contributed by atoms with Crippen LogP contribution in [0.5, 0.6) is 0 Å². The quantitative estimate of drug-likeness (QED) is 0.543. The molecule has 1 atom stereocenters. The molecule has 5 nitrogen and oxygen atoms in total. The summed E-state index contributed by atoms with van der Waals surface area (Å²) in [5.41, 5.74) is 2.34. The molecule has 2 heterocycles. The monoisotopic (exact) mass is 470 g/mol. The second-order valence-corrected chi connectivity index (χ2v) is 8.76. The van der Waals surface area contributed by atoms with E-state index in [2.05, 4.69) is 4.99 Å². The number of benzene rings is 2. The molecule has 8 heteroatoms. The Morgan fingerprint density at radius 3 is 2.62 bits per heavy atom. The van der Waals surface area contributed by atoms with E-state index < -0.39 is 17.8 Å². The van der Waals surface area contributed by atoms with E-state index in [-0.39, 0.29) is 27.3 Å². The van der Waals surface area contributed by atoms with Gasteiger partial charge in [0.1, 0.15) is 5.82 Å². The lowest BCUT2D eigenvalue weighted by atomic mass is 9.95. The van der Waals surface area contributed by atoms with Crippen LogP contribution < -0.4 is 14.9 Å². The molecule has 0 spiro atoms. The lowest BCUT2D eigenvalue weighted by Gasteiger charge is -2.24. The van der Waals surface area contributed by atoms with Crippen LogP contribution >= 0.6 is 22.9 Å². The van der Waals surface area contributed by atoms with Gasteiger partial charge in [-0.1, -0.05) is 58.8 Å². The van der Waals surface area contributed by atoms with Gasteiger partial charge >= 0.3 is 5.97 Å². The Hall–Kier alpha value is -3.03. The van der Waals surface area contributed by atoms with Crippen LogP contribution in [0.3, 0.4) is 0 Å². The highest BCUT2D eigenvalue weighted by atomic mass is 35.5. The number of thiazole rings is 1. The van der Waals surface area contributed by atoms with E-state index in [0.717, 1.165) is 22.5 Å². The molecule has 1 aromatic heterocycles. The highest BCUT2D eigenvalue weighted by Crippen LogP contribution is 2.31. The molecule has 2 aromatic carbocycles. The van der Waals surface area contributed by atoms with Gasteiger partial charge in [-0.25, -0.2) is 14.2 Å². The Morgan fingerprint density at radius 2 is 1.97 bits per heavy atom. The molecule has 0 N–H and O–H groups in total. The maximum atomic E-state index is 14.3. The summed E-state index contributed by atoms with van der Waals surface area (Å²) in [5, 5.41) is 0.203. The molecule has 164 valence electrons. The Balaban J connectivity index is 1.99. The van der Waals surface area contributed by atoms with E-state index in [0.29, 0.717) is 16.1 Å². The third-order valence-electron chi connectivity index (χ3n) is 5.19. The van der Waals surface area contributed by atoms with Crippen molar-refractivity contribution in [2.24, 2.45) is 4.99 Å². The number of nitrogens with zero attached hydrogens (tertiary/aromatic N) is 2. The molecule has 0 aliphatic carbocycles. The molecule has 1 aliphatic rings. The smallest absolute Gasteiger partial charge is 0.338 e. The van der Waals surface area contributed by atoms with Crippen molar-refractivity contribution in [1.29, 1.82) is 0 Å². The number of aromatic nitrogens is 1. The molecule has 4 rings (SSSR count). The van der Waals surface area contributed by atoms with Crippen molar-refractivity contribution < 1.29 is 13.9 Å². The highest BCUT2D eigenvalue weighted by molar-refractivity contribution is 7.07. The van der Waals surface area contributed by atoms with Crippen LogP contribution in [-0.4, -0.2) is 17.1 Å². The summed E-state index contributed by atoms with van der Waals surface area (Å²) in [5.74, 6) is -1.05. The fourth-order valence-corrected chi connectivity index (χ4v) is 4.88. The number of carbonyl (C=O) groups is 1. The minimum Gasteiger partial charge on any atom is -0.463 e. The SMILES string of the molecule is CCOC(=O)C1=C(C)N=c2s/c(=C/c3c(F)cccc3Cl)c(=O)n2[C@H]1c1ccc(C)cc1. The van der Waals surface area contributed by atoms with Gasteiger partial charge in [-0.3, -0.25) is 9.36 Å². The lowest BCUT2D eigenvalue weighted by Crippen LogP contribution is -2.40. The van der Waals surface area contributed by atoms with Gasteiger partial charge < -0.3 is 4.74 Å². The van der Waals surface area contributed by atoms with Gasteiger partial charge in [0.2, 0.25) is 0 Å². The first-order valence-corrected chi connectivity index (χ1v) is 11.2. The normalized spacial score (nSPS) is 16.0. The van der Waals surface area contributed by atoms with E-state index in [1.165, 1.54) is 22.8 Å². The average molecular weight is 471 g/mol. The second kappa shape index (κ2) is 8.84. The van der Waals surface area contributed by atoms with E-state index >= 15 is 0 Å². The number of esters is 1. The van der Waals surface area contributed by atoms with E-state index in [4.69, 9.17) is 16.3 Å². The Bertz CT molecular complexity index is 1400. The number of ether oxygens (including phenoxy) is 1. The number of hydrogen-bond donors (Lipinski definition) is 0. The molecule has 0 amide bonds. The third kappa shape index (κ3) is 3.94. The summed E-state index contributed by atoms with van der Waals surface area (Å²) in [4.78, 5) is 31.2. The molecule has 0 saturated heterocycles. The van der Waals surface area contributed by atoms with E-state index in [1.807, 2.05) is 31.2 Å². The average Bonchev–Trinajstić information content (AvgIpc) is 3.05. The summed E-state index contributed by atoms with van der Waals surface area (Å²) in [6.07, 6.45) is 1.43. The van der Waals surface area contributed by atoms with Gasteiger partial charge in [0.15, 0.2) is 4.80 Å². The third-order valence-corrected chi connectivity index (χ3v) is 6.50. The van der Waals surface area contributed by atoms with Gasteiger partial charge in [0.25, 0.3) is 5.56 Å². The minimum absolute atomic E-state index is 0.132. The van der Waals surface area contributed by atoms with Crippen molar-refractivity contribution in [3.63, 3.8) is 0 Å². The van der Waals surface area contributed by atoms with Crippen LogP contribution in [0.4, 0.5) is 4.39 Å². The Kier molecular flexibility index (Phi) is 6.13. The van der Waals surface area contributed by atoms with Gasteiger partial charge in [-0.15, -0.1) is 0 Å². The summed E-state index contributed by atoms with van der Waals surface area (Å²) >= 11 is 7.28. The summed E-state index contributed by atoms with van der Waals surface area (Å²) < 4.78 is 21.3. The number of rotatable bonds is 4. The molecule has 32 heavy (non-hydrogen) atoms. The lowest BCUT2D eigenvalue weighted by molar-refractivity contribution is -0.139. The molecule has 1 aliphatic heterocycles. The van der Waals surface area contributed by atoms with Gasteiger partial charge in [0, 0.05) is 5.56 Å². The molecule has 0 unspecified atom stereocenters. The molecular weight excluding hydrogens is 451 g/mol. The zero-order valence-corrected chi connectivity index (χ0v) is 19.3. The van der Waals surface area contributed by atoms with Crippen molar-refractivity contribution in [3.8, 4) is 0 Å². The van der Waals surface area contributed by atoms with Gasteiger partial charge in [0.05, 0.1) is 33.5 Å². The fraction of sp³-hybridized carbons (Fsp3) is 0.208. The predicted molar refractivity (Wildman–Crippen MR) is 123 cm³/mol.